The minimum Gasteiger partial charge on any atom is -0.352 e. The summed E-state index contributed by atoms with van der Waals surface area (Å²) in [5.41, 5.74) is 0.383. The zero-order chi connectivity index (χ0) is 16.1. The van der Waals surface area contributed by atoms with E-state index in [4.69, 9.17) is 23.2 Å². The number of nitrogens with one attached hydrogen (secondary N) is 2. The Morgan fingerprint density at radius 3 is 2.59 bits per heavy atom. The van der Waals surface area contributed by atoms with Gasteiger partial charge in [-0.2, -0.15) is 0 Å². The van der Waals surface area contributed by atoms with Crippen molar-refractivity contribution >= 4 is 35.0 Å². The molecular formula is C16H20Cl2N2O2. The molecule has 2 atom stereocenters. The molecule has 1 aromatic carbocycles. The van der Waals surface area contributed by atoms with Crippen LogP contribution in [0.1, 0.15) is 43.0 Å². The van der Waals surface area contributed by atoms with Crippen molar-refractivity contribution in [1.82, 2.24) is 10.6 Å². The molecule has 1 fully saturated rings. The number of benzene rings is 1. The highest BCUT2D eigenvalue weighted by Gasteiger charge is 2.22. The van der Waals surface area contributed by atoms with Crippen LogP contribution in [-0.4, -0.2) is 24.4 Å². The van der Waals surface area contributed by atoms with Crippen molar-refractivity contribution in [2.24, 2.45) is 5.92 Å². The van der Waals surface area contributed by atoms with Gasteiger partial charge in [-0.3, -0.25) is 9.59 Å². The number of amides is 2. The minimum absolute atomic E-state index is 0.0394. The Bertz CT molecular complexity index is 563. The van der Waals surface area contributed by atoms with Gasteiger partial charge in [-0.25, -0.2) is 0 Å². The fraction of sp³-hybridized carbons (Fsp3) is 0.500. The standard InChI is InChI=1S/C16H20Cl2N2O2/c1-10-4-2-3-5-14(10)20-15(21)9-19-16(22)11-6-7-12(17)13(18)8-11/h6-8,10,14H,2-5,9H2,1H3,(H,19,22)(H,20,21)/t10-,14+/m0/s1. The van der Waals surface area contributed by atoms with Crippen molar-refractivity contribution < 1.29 is 9.59 Å². The first-order chi connectivity index (χ1) is 10.5. The van der Waals surface area contributed by atoms with Gasteiger partial charge >= 0.3 is 0 Å². The van der Waals surface area contributed by atoms with Crippen LogP contribution in [-0.2, 0) is 4.79 Å². The molecule has 2 amide bonds. The van der Waals surface area contributed by atoms with Crippen LogP contribution < -0.4 is 10.6 Å². The van der Waals surface area contributed by atoms with Crippen molar-refractivity contribution in [3.63, 3.8) is 0 Å². The number of hydrogen-bond acceptors (Lipinski definition) is 2. The molecule has 0 heterocycles. The average molecular weight is 343 g/mol. The molecule has 2 N–H and O–H groups in total. The molecular weight excluding hydrogens is 323 g/mol. The van der Waals surface area contributed by atoms with E-state index in [1.165, 1.54) is 12.5 Å². The maximum Gasteiger partial charge on any atom is 0.251 e. The third kappa shape index (κ3) is 4.62. The van der Waals surface area contributed by atoms with Crippen LogP contribution in [0.2, 0.25) is 10.0 Å². The lowest BCUT2D eigenvalue weighted by Gasteiger charge is -2.29. The molecule has 1 saturated carbocycles. The second-order valence-electron chi connectivity index (χ2n) is 5.75. The number of carbonyl (C=O) groups excluding carboxylic acids is 2. The van der Waals surface area contributed by atoms with Gasteiger partial charge in [-0.15, -0.1) is 0 Å². The van der Waals surface area contributed by atoms with E-state index in [0.29, 0.717) is 21.5 Å². The van der Waals surface area contributed by atoms with Gasteiger partial charge in [0, 0.05) is 11.6 Å². The molecule has 2 rings (SSSR count). The van der Waals surface area contributed by atoms with Gasteiger partial charge in [0.1, 0.15) is 0 Å². The van der Waals surface area contributed by atoms with E-state index in [-0.39, 0.29) is 24.4 Å². The van der Waals surface area contributed by atoms with E-state index in [0.717, 1.165) is 19.3 Å². The largest absolute Gasteiger partial charge is 0.352 e. The fourth-order valence-electron chi connectivity index (χ4n) is 2.69. The zero-order valence-electron chi connectivity index (χ0n) is 12.5. The Morgan fingerprint density at radius 1 is 1.18 bits per heavy atom. The Labute approximate surface area is 140 Å². The highest BCUT2D eigenvalue weighted by Crippen LogP contribution is 2.24. The molecule has 0 bridgehead atoms. The Kier molecular flexibility index (Phi) is 6.09. The SMILES string of the molecule is C[C@H]1CCCC[C@H]1NC(=O)CNC(=O)c1ccc(Cl)c(Cl)c1. The molecule has 0 radical (unpaired) electrons. The highest BCUT2D eigenvalue weighted by molar-refractivity contribution is 6.42. The minimum atomic E-state index is -0.342. The molecule has 0 aromatic heterocycles. The predicted molar refractivity (Wildman–Crippen MR) is 88.4 cm³/mol. The fourth-order valence-corrected chi connectivity index (χ4v) is 2.99. The zero-order valence-corrected chi connectivity index (χ0v) is 14.0. The van der Waals surface area contributed by atoms with Crippen LogP contribution in [0, 0.1) is 5.92 Å². The van der Waals surface area contributed by atoms with E-state index in [9.17, 15) is 9.59 Å². The summed E-state index contributed by atoms with van der Waals surface area (Å²) >= 11 is 11.7. The van der Waals surface area contributed by atoms with Crippen molar-refractivity contribution in [2.45, 2.75) is 38.6 Å². The molecule has 0 aliphatic heterocycles. The molecule has 0 saturated heterocycles. The van der Waals surface area contributed by atoms with E-state index in [1.807, 2.05) is 0 Å². The maximum absolute atomic E-state index is 12.0. The first-order valence-electron chi connectivity index (χ1n) is 7.50. The summed E-state index contributed by atoms with van der Waals surface area (Å²) < 4.78 is 0. The smallest absolute Gasteiger partial charge is 0.251 e. The summed E-state index contributed by atoms with van der Waals surface area (Å²) in [5, 5.41) is 6.30. The van der Waals surface area contributed by atoms with Gasteiger partial charge in [0.2, 0.25) is 5.91 Å². The molecule has 0 spiro atoms. The van der Waals surface area contributed by atoms with Crippen molar-refractivity contribution in [2.75, 3.05) is 6.54 Å². The van der Waals surface area contributed by atoms with E-state index < -0.39 is 0 Å². The predicted octanol–water partition coefficient (Wildman–Crippen LogP) is 3.42. The highest BCUT2D eigenvalue weighted by atomic mass is 35.5. The Balaban J connectivity index is 1.82. The quantitative estimate of drug-likeness (QED) is 0.880. The Hall–Kier alpha value is -1.26. The number of hydrogen-bond donors (Lipinski definition) is 2. The lowest BCUT2D eigenvalue weighted by Crippen LogP contribution is -2.45. The summed E-state index contributed by atoms with van der Waals surface area (Å²) in [5.74, 6) is -0.0129. The van der Waals surface area contributed by atoms with Crippen LogP contribution in [0.5, 0.6) is 0 Å². The average Bonchev–Trinajstić information content (AvgIpc) is 2.50. The summed E-state index contributed by atoms with van der Waals surface area (Å²) in [7, 11) is 0. The number of rotatable bonds is 4. The molecule has 120 valence electrons. The number of halogens is 2. The van der Waals surface area contributed by atoms with Crippen LogP contribution in [0.15, 0.2) is 18.2 Å². The van der Waals surface area contributed by atoms with Crippen molar-refractivity contribution in [1.29, 1.82) is 0 Å². The van der Waals surface area contributed by atoms with E-state index >= 15 is 0 Å². The van der Waals surface area contributed by atoms with Crippen LogP contribution >= 0.6 is 23.2 Å². The van der Waals surface area contributed by atoms with E-state index in [2.05, 4.69) is 17.6 Å². The molecule has 1 aliphatic rings. The lowest BCUT2D eigenvalue weighted by atomic mass is 9.86. The number of carbonyl (C=O) groups is 2. The molecule has 6 heteroatoms. The molecule has 22 heavy (non-hydrogen) atoms. The summed E-state index contributed by atoms with van der Waals surface area (Å²) in [6.07, 6.45) is 4.51. The lowest BCUT2D eigenvalue weighted by molar-refractivity contribution is -0.121. The van der Waals surface area contributed by atoms with Gasteiger partial charge in [-0.05, 0) is 37.0 Å². The normalized spacial score (nSPS) is 21.2. The molecule has 0 unspecified atom stereocenters. The van der Waals surface area contributed by atoms with Gasteiger partial charge < -0.3 is 10.6 Å². The Morgan fingerprint density at radius 2 is 1.91 bits per heavy atom. The second kappa shape index (κ2) is 7.84. The summed E-state index contributed by atoms with van der Waals surface area (Å²) in [6.45, 7) is 2.11. The van der Waals surface area contributed by atoms with Gasteiger partial charge in [-0.1, -0.05) is 43.0 Å². The monoisotopic (exact) mass is 342 g/mol. The second-order valence-corrected chi connectivity index (χ2v) is 6.56. The summed E-state index contributed by atoms with van der Waals surface area (Å²) in [4.78, 5) is 23.9. The third-order valence-electron chi connectivity index (χ3n) is 4.05. The topological polar surface area (TPSA) is 58.2 Å². The van der Waals surface area contributed by atoms with Gasteiger partial charge in [0.05, 0.1) is 16.6 Å². The first-order valence-corrected chi connectivity index (χ1v) is 8.25. The van der Waals surface area contributed by atoms with Crippen LogP contribution in [0.4, 0.5) is 0 Å². The van der Waals surface area contributed by atoms with Gasteiger partial charge in [0.15, 0.2) is 0 Å². The first kappa shape index (κ1) is 17.1. The van der Waals surface area contributed by atoms with E-state index in [1.54, 1.807) is 12.1 Å². The van der Waals surface area contributed by atoms with Gasteiger partial charge in [0.25, 0.3) is 5.91 Å². The third-order valence-corrected chi connectivity index (χ3v) is 4.79. The molecule has 1 aliphatic carbocycles. The summed E-state index contributed by atoms with van der Waals surface area (Å²) in [6, 6.07) is 4.83. The molecule has 1 aromatic rings. The van der Waals surface area contributed by atoms with Crippen molar-refractivity contribution in [3.8, 4) is 0 Å². The molecule has 4 nitrogen and oxygen atoms in total. The van der Waals surface area contributed by atoms with Crippen LogP contribution in [0.25, 0.3) is 0 Å². The van der Waals surface area contributed by atoms with Crippen molar-refractivity contribution in [3.05, 3.63) is 33.8 Å². The van der Waals surface area contributed by atoms with Crippen LogP contribution in [0.3, 0.4) is 0 Å². The maximum atomic E-state index is 12.0.